The fraction of sp³-hybridized carbons (Fsp3) is 0.632. The number of hydrogen-bond donors (Lipinski definition) is 1. The molecule has 4 heterocycles. The maximum absolute atomic E-state index is 12.9. The molecule has 28 heavy (non-hydrogen) atoms. The van der Waals surface area contributed by atoms with Crippen LogP contribution in [0, 0.1) is 18.3 Å². The van der Waals surface area contributed by atoms with E-state index < -0.39 is 0 Å². The summed E-state index contributed by atoms with van der Waals surface area (Å²) in [6, 6.07) is -0.202. The standard InChI is InChI=1S/C19H24N6O2S/c1-12-22-14(9-28-12)18(27)24-7-5-19(10-24)6-8-25-16(20-11-21-25)15(19)23-17(26)13-3-2-4-13/h9,11,13,15H,2-8,10H2,1H3,(H,23,26). The molecule has 1 saturated carbocycles. The van der Waals surface area contributed by atoms with Crippen molar-refractivity contribution in [2.24, 2.45) is 11.3 Å². The van der Waals surface area contributed by atoms with Crippen molar-refractivity contribution in [1.29, 1.82) is 0 Å². The van der Waals surface area contributed by atoms with Crippen LogP contribution in [0.25, 0.3) is 0 Å². The van der Waals surface area contributed by atoms with Crippen LogP contribution in [0.2, 0.25) is 0 Å². The highest BCUT2D eigenvalue weighted by atomic mass is 32.1. The lowest BCUT2D eigenvalue weighted by atomic mass is 9.73. The molecule has 0 radical (unpaired) electrons. The predicted octanol–water partition coefficient (Wildman–Crippen LogP) is 1.94. The van der Waals surface area contributed by atoms with E-state index in [9.17, 15) is 9.59 Å². The maximum atomic E-state index is 12.9. The van der Waals surface area contributed by atoms with E-state index in [-0.39, 0.29) is 29.2 Å². The van der Waals surface area contributed by atoms with Gasteiger partial charge in [-0.1, -0.05) is 6.42 Å². The van der Waals surface area contributed by atoms with E-state index in [0.717, 1.165) is 49.5 Å². The maximum Gasteiger partial charge on any atom is 0.273 e. The van der Waals surface area contributed by atoms with Crippen molar-refractivity contribution in [2.45, 2.75) is 51.6 Å². The minimum absolute atomic E-state index is 0.0164. The van der Waals surface area contributed by atoms with E-state index in [0.29, 0.717) is 18.8 Å². The van der Waals surface area contributed by atoms with Crippen LogP contribution in [-0.2, 0) is 11.3 Å². The lowest BCUT2D eigenvalue weighted by molar-refractivity contribution is -0.129. The second-order valence-electron chi connectivity index (χ2n) is 8.25. The fourth-order valence-electron chi connectivity index (χ4n) is 4.70. The number of rotatable bonds is 3. The second kappa shape index (κ2) is 6.65. The molecule has 0 aromatic carbocycles. The van der Waals surface area contributed by atoms with Crippen LogP contribution >= 0.6 is 11.3 Å². The van der Waals surface area contributed by atoms with Crippen molar-refractivity contribution in [3.8, 4) is 0 Å². The Bertz CT molecular complexity index is 919. The van der Waals surface area contributed by atoms with E-state index in [1.807, 2.05) is 21.9 Å². The molecule has 1 N–H and O–H groups in total. The van der Waals surface area contributed by atoms with Gasteiger partial charge in [0.15, 0.2) is 0 Å². The zero-order chi connectivity index (χ0) is 19.3. The van der Waals surface area contributed by atoms with Gasteiger partial charge in [0.05, 0.1) is 11.0 Å². The number of nitrogens with zero attached hydrogens (tertiary/aromatic N) is 5. The van der Waals surface area contributed by atoms with Crippen LogP contribution in [0.3, 0.4) is 0 Å². The molecule has 2 aromatic heterocycles. The first-order valence-corrected chi connectivity index (χ1v) is 10.8. The number of nitrogens with one attached hydrogen (secondary N) is 1. The largest absolute Gasteiger partial charge is 0.345 e. The molecule has 1 spiro atoms. The predicted molar refractivity (Wildman–Crippen MR) is 103 cm³/mol. The first kappa shape index (κ1) is 17.8. The van der Waals surface area contributed by atoms with Gasteiger partial charge in [-0.25, -0.2) is 14.6 Å². The molecule has 5 rings (SSSR count). The molecule has 0 bridgehead atoms. The highest BCUT2D eigenvalue weighted by Gasteiger charge is 2.51. The quantitative estimate of drug-likeness (QED) is 0.850. The second-order valence-corrected chi connectivity index (χ2v) is 9.31. The SMILES string of the molecule is Cc1nc(C(=O)N2CCC3(CCn4ncnc4C3NC(=O)C3CCC3)C2)cs1. The van der Waals surface area contributed by atoms with Crippen LogP contribution < -0.4 is 5.32 Å². The normalized spacial score (nSPS) is 26.9. The third kappa shape index (κ3) is 2.83. The Morgan fingerprint density at radius 1 is 1.29 bits per heavy atom. The molecule has 1 aliphatic carbocycles. The average Bonchev–Trinajstić information content (AvgIpc) is 3.35. The number of carbonyl (C=O) groups is 2. The monoisotopic (exact) mass is 400 g/mol. The average molecular weight is 401 g/mol. The summed E-state index contributed by atoms with van der Waals surface area (Å²) in [5.41, 5.74) is 0.331. The summed E-state index contributed by atoms with van der Waals surface area (Å²) in [5, 5.41) is 10.3. The van der Waals surface area contributed by atoms with E-state index in [2.05, 4.69) is 20.4 Å². The highest BCUT2D eigenvalue weighted by Crippen LogP contribution is 2.48. The molecule has 2 unspecified atom stereocenters. The number of amides is 2. The molecule has 2 fully saturated rings. The van der Waals surface area contributed by atoms with Gasteiger partial charge in [-0.3, -0.25) is 9.59 Å². The van der Waals surface area contributed by atoms with Gasteiger partial charge < -0.3 is 10.2 Å². The Balaban J connectivity index is 1.40. The van der Waals surface area contributed by atoms with Gasteiger partial charge in [-0.15, -0.1) is 11.3 Å². The van der Waals surface area contributed by atoms with Crippen LogP contribution in [0.1, 0.15) is 59.5 Å². The van der Waals surface area contributed by atoms with Crippen molar-refractivity contribution in [2.75, 3.05) is 13.1 Å². The van der Waals surface area contributed by atoms with E-state index in [1.165, 1.54) is 11.3 Å². The molecule has 2 atom stereocenters. The molecular weight excluding hydrogens is 376 g/mol. The summed E-state index contributed by atoms with van der Waals surface area (Å²) in [6.07, 6.45) is 6.34. The van der Waals surface area contributed by atoms with Crippen molar-refractivity contribution in [3.05, 3.63) is 28.2 Å². The number of hydrogen-bond acceptors (Lipinski definition) is 6. The molecular formula is C19H24N6O2S. The zero-order valence-electron chi connectivity index (χ0n) is 15.9. The summed E-state index contributed by atoms with van der Waals surface area (Å²) >= 11 is 1.49. The topological polar surface area (TPSA) is 93.0 Å². The van der Waals surface area contributed by atoms with Crippen LogP contribution in [0.15, 0.2) is 11.7 Å². The Hall–Kier alpha value is -2.29. The minimum atomic E-state index is -0.202. The molecule has 1 saturated heterocycles. The first-order chi connectivity index (χ1) is 13.6. The van der Waals surface area contributed by atoms with Crippen LogP contribution in [0.4, 0.5) is 0 Å². The van der Waals surface area contributed by atoms with Gasteiger partial charge in [-0.2, -0.15) is 5.10 Å². The van der Waals surface area contributed by atoms with Gasteiger partial charge in [0.25, 0.3) is 5.91 Å². The summed E-state index contributed by atoms with van der Waals surface area (Å²) in [6.45, 7) is 3.97. The highest BCUT2D eigenvalue weighted by molar-refractivity contribution is 7.09. The number of aromatic nitrogens is 4. The summed E-state index contributed by atoms with van der Waals surface area (Å²) in [5.74, 6) is 1.04. The molecule has 148 valence electrons. The molecule has 8 nitrogen and oxygen atoms in total. The lowest BCUT2D eigenvalue weighted by Crippen LogP contribution is -2.49. The Labute approximate surface area is 167 Å². The molecule has 3 aliphatic rings. The van der Waals surface area contributed by atoms with E-state index >= 15 is 0 Å². The number of likely N-dealkylation sites (tertiary alicyclic amines) is 1. The Morgan fingerprint density at radius 2 is 2.11 bits per heavy atom. The van der Waals surface area contributed by atoms with Crippen molar-refractivity contribution in [3.63, 3.8) is 0 Å². The van der Waals surface area contributed by atoms with Crippen molar-refractivity contribution >= 4 is 23.2 Å². The Kier molecular flexibility index (Phi) is 4.22. The van der Waals surface area contributed by atoms with E-state index in [1.54, 1.807) is 6.33 Å². The first-order valence-electron chi connectivity index (χ1n) is 9.95. The van der Waals surface area contributed by atoms with Crippen molar-refractivity contribution < 1.29 is 9.59 Å². The Morgan fingerprint density at radius 3 is 2.82 bits per heavy atom. The third-order valence-corrected chi connectivity index (χ3v) is 7.38. The van der Waals surface area contributed by atoms with Crippen molar-refractivity contribution in [1.82, 2.24) is 30.0 Å². The third-order valence-electron chi connectivity index (χ3n) is 6.61. The molecule has 2 aromatic rings. The van der Waals surface area contributed by atoms with Gasteiger partial charge in [0.1, 0.15) is 17.8 Å². The molecule has 2 aliphatic heterocycles. The number of carbonyl (C=O) groups excluding carboxylic acids is 2. The van der Waals surface area contributed by atoms with Gasteiger partial charge in [0, 0.05) is 36.3 Å². The number of aryl methyl sites for hydroxylation is 2. The van der Waals surface area contributed by atoms with Crippen LogP contribution in [-0.4, -0.2) is 49.6 Å². The van der Waals surface area contributed by atoms with Gasteiger partial charge in [-0.05, 0) is 32.6 Å². The van der Waals surface area contributed by atoms with Gasteiger partial charge in [0.2, 0.25) is 5.91 Å². The lowest BCUT2D eigenvalue weighted by Gasteiger charge is -2.41. The molecule has 9 heteroatoms. The summed E-state index contributed by atoms with van der Waals surface area (Å²) < 4.78 is 1.89. The zero-order valence-corrected chi connectivity index (χ0v) is 16.7. The molecule has 2 amide bonds. The van der Waals surface area contributed by atoms with E-state index in [4.69, 9.17) is 0 Å². The summed E-state index contributed by atoms with van der Waals surface area (Å²) in [4.78, 5) is 36.4. The van der Waals surface area contributed by atoms with Gasteiger partial charge >= 0.3 is 0 Å². The fourth-order valence-corrected chi connectivity index (χ4v) is 5.28. The summed E-state index contributed by atoms with van der Waals surface area (Å²) in [7, 11) is 0. The van der Waals surface area contributed by atoms with Crippen LogP contribution in [0.5, 0.6) is 0 Å². The number of fused-ring (bicyclic) bond motifs is 1. The smallest absolute Gasteiger partial charge is 0.273 e. The number of thiazole rings is 1. The minimum Gasteiger partial charge on any atom is -0.345 e.